The maximum Gasteiger partial charge on any atom is 0.316 e. The predicted octanol–water partition coefficient (Wildman–Crippen LogP) is 6.80. The first kappa shape index (κ1) is 28.3. The van der Waals surface area contributed by atoms with Crippen LogP contribution in [-0.2, 0) is 28.6 Å². The molecule has 6 nitrogen and oxygen atoms in total. The molecule has 1 spiro atoms. The summed E-state index contributed by atoms with van der Waals surface area (Å²) in [5.74, 6) is 0.280. The molecule has 1 aliphatic heterocycles. The summed E-state index contributed by atoms with van der Waals surface area (Å²) in [4.78, 5) is 38.3. The Morgan fingerprint density at radius 1 is 0.850 bits per heavy atom. The average Bonchev–Trinajstić information content (AvgIpc) is 3.14. The molecule has 0 N–H and O–H groups in total. The van der Waals surface area contributed by atoms with Crippen LogP contribution in [0.3, 0.4) is 0 Å². The third-order valence-electron chi connectivity index (χ3n) is 14.0. The maximum absolute atomic E-state index is 13.8. The Morgan fingerprint density at radius 3 is 2.15 bits per heavy atom. The quantitative estimate of drug-likeness (QED) is 0.212. The van der Waals surface area contributed by atoms with Gasteiger partial charge in [0.05, 0.1) is 0 Å². The second-order valence-electron chi connectivity index (χ2n) is 16.4. The van der Waals surface area contributed by atoms with Crippen LogP contribution < -0.4 is 0 Å². The van der Waals surface area contributed by atoms with Crippen molar-refractivity contribution in [3.05, 3.63) is 11.6 Å². The van der Waals surface area contributed by atoms with Gasteiger partial charge in [-0.25, -0.2) is 0 Å². The van der Waals surface area contributed by atoms with Crippen LogP contribution in [0.25, 0.3) is 0 Å². The van der Waals surface area contributed by atoms with Gasteiger partial charge in [0.2, 0.25) is 0 Å². The Hall–Kier alpha value is -1.85. The molecule has 0 aromatic heterocycles. The smallest absolute Gasteiger partial charge is 0.316 e. The summed E-state index contributed by atoms with van der Waals surface area (Å²) < 4.78 is 18.1. The van der Waals surface area contributed by atoms with Crippen molar-refractivity contribution in [2.75, 3.05) is 0 Å². The van der Waals surface area contributed by atoms with Gasteiger partial charge in [-0.15, -0.1) is 0 Å². The SMILES string of the molecule is CC(=O)OC1CCC2(C)C(CCC3(C)C2CC=C2C4CC(C)(C)C5CC4(C(=O)O5)C(OC(C)=O)CC23C)C1(C)C. The van der Waals surface area contributed by atoms with Gasteiger partial charge in [-0.3, -0.25) is 14.4 Å². The summed E-state index contributed by atoms with van der Waals surface area (Å²) in [6.07, 6.45) is 9.15. The normalized spacial score (nSPS) is 49.7. The van der Waals surface area contributed by atoms with Crippen LogP contribution in [0, 0.1) is 50.2 Å². The van der Waals surface area contributed by atoms with Crippen molar-refractivity contribution in [1.82, 2.24) is 0 Å². The summed E-state index contributed by atoms with van der Waals surface area (Å²) in [5, 5.41) is 0. The first-order valence-corrected chi connectivity index (χ1v) is 15.7. The zero-order chi connectivity index (χ0) is 29.3. The van der Waals surface area contributed by atoms with Crippen molar-refractivity contribution in [1.29, 1.82) is 0 Å². The Morgan fingerprint density at radius 2 is 1.50 bits per heavy atom. The Kier molecular flexibility index (Phi) is 5.92. The number of rotatable bonds is 2. The van der Waals surface area contributed by atoms with Crippen molar-refractivity contribution in [3.63, 3.8) is 0 Å². The van der Waals surface area contributed by atoms with Gasteiger partial charge in [-0.1, -0.05) is 60.1 Å². The lowest BCUT2D eigenvalue weighted by Gasteiger charge is -2.71. The van der Waals surface area contributed by atoms with Crippen molar-refractivity contribution in [2.24, 2.45) is 50.2 Å². The molecular weight excluding hydrogens is 504 g/mol. The number of hydrogen-bond donors (Lipinski definition) is 0. The molecule has 0 aromatic rings. The standard InChI is InChI=1S/C34H50O6/c1-19(35)38-25-13-14-31(7)23(30(25,5)6)12-15-32(8)24(31)11-10-21-22-16-29(3,4)26-18-34(22,28(37)40-26)27(39-20(2)36)17-33(21,32)9/h10,22-27H,11-18H2,1-9H3. The summed E-state index contributed by atoms with van der Waals surface area (Å²) >= 11 is 0. The topological polar surface area (TPSA) is 78.9 Å². The molecule has 0 aromatic carbocycles. The predicted molar refractivity (Wildman–Crippen MR) is 151 cm³/mol. The van der Waals surface area contributed by atoms with Gasteiger partial charge in [0.1, 0.15) is 23.7 Å². The third-order valence-corrected chi connectivity index (χ3v) is 14.0. The van der Waals surface area contributed by atoms with E-state index in [1.54, 1.807) is 0 Å². The zero-order valence-electron chi connectivity index (χ0n) is 26.1. The highest BCUT2D eigenvalue weighted by molar-refractivity contribution is 5.83. The van der Waals surface area contributed by atoms with Crippen LogP contribution in [0.2, 0.25) is 0 Å². The maximum atomic E-state index is 13.8. The van der Waals surface area contributed by atoms with E-state index in [-0.39, 0.29) is 63.1 Å². The number of hydrogen-bond acceptors (Lipinski definition) is 6. The molecule has 0 radical (unpaired) electrons. The average molecular weight is 555 g/mol. The first-order valence-electron chi connectivity index (χ1n) is 15.7. The van der Waals surface area contributed by atoms with Gasteiger partial charge in [0.25, 0.3) is 0 Å². The molecule has 222 valence electrons. The summed E-state index contributed by atoms with van der Waals surface area (Å²) in [6, 6.07) is 0. The summed E-state index contributed by atoms with van der Waals surface area (Å²) in [5.41, 5.74) is 0.339. The van der Waals surface area contributed by atoms with Crippen LogP contribution in [0.4, 0.5) is 0 Å². The highest BCUT2D eigenvalue weighted by Gasteiger charge is 2.75. The minimum Gasteiger partial charge on any atom is -0.462 e. The number of fused-ring (bicyclic) bond motifs is 7. The third kappa shape index (κ3) is 3.37. The van der Waals surface area contributed by atoms with Gasteiger partial charge >= 0.3 is 17.9 Å². The molecule has 5 aliphatic carbocycles. The number of carbonyl (C=O) groups excluding carboxylic acids is 3. The number of esters is 3. The van der Waals surface area contributed by atoms with Crippen LogP contribution in [0.1, 0.15) is 114 Å². The molecule has 6 rings (SSSR count). The molecule has 5 fully saturated rings. The molecule has 6 aliphatic rings. The number of allylic oxidation sites excluding steroid dienone is 2. The van der Waals surface area contributed by atoms with E-state index in [0.29, 0.717) is 24.7 Å². The number of carbonyl (C=O) groups is 3. The molecule has 0 amide bonds. The molecule has 1 heterocycles. The summed E-state index contributed by atoms with van der Waals surface area (Å²) in [6.45, 7) is 19.5. The molecular formula is C34H50O6. The van der Waals surface area contributed by atoms with E-state index in [4.69, 9.17) is 14.2 Å². The molecule has 10 unspecified atom stereocenters. The minimum absolute atomic E-state index is 0.00378. The fraction of sp³-hybridized carbons (Fsp3) is 0.853. The Balaban J connectivity index is 1.45. The zero-order valence-corrected chi connectivity index (χ0v) is 26.1. The lowest BCUT2D eigenvalue weighted by molar-refractivity contribution is -0.221. The lowest BCUT2D eigenvalue weighted by atomic mass is 9.33. The molecule has 2 bridgehead atoms. The molecule has 40 heavy (non-hydrogen) atoms. The van der Waals surface area contributed by atoms with Gasteiger partial charge in [0.15, 0.2) is 0 Å². The molecule has 4 saturated carbocycles. The Bertz CT molecular complexity index is 1180. The highest BCUT2D eigenvalue weighted by atomic mass is 16.6. The van der Waals surface area contributed by atoms with Crippen molar-refractivity contribution in [2.45, 2.75) is 132 Å². The largest absolute Gasteiger partial charge is 0.462 e. The fourth-order valence-corrected chi connectivity index (χ4v) is 11.8. The van der Waals surface area contributed by atoms with Crippen LogP contribution in [0.15, 0.2) is 11.6 Å². The number of ether oxygens (including phenoxy) is 3. The first-order chi connectivity index (χ1) is 18.4. The summed E-state index contributed by atoms with van der Waals surface area (Å²) in [7, 11) is 0. The van der Waals surface area contributed by atoms with Crippen molar-refractivity contribution in [3.8, 4) is 0 Å². The van der Waals surface area contributed by atoms with Gasteiger partial charge in [-0.05, 0) is 73.0 Å². The van der Waals surface area contributed by atoms with E-state index >= 15 is 0 Å². The second-order valence-corrected chi connectivity index (χ2v) is 16.4. The van der Waals surface area contributed by atoms with E-state index in [9.17, 15) is 14.4 Å². The van der Waals surface area contributed by atoms with Crippen LogP contribution in [0.5, 0.6) is 0 Å². The highest BCUT2D eigenvalue weighted by Crippen LogP contribution is 2.77. The monoisotopic (exact) mass is 554 g/mol. The lowest BCUT2D eigenvalue weighted by Crippen LogP contribution is -2.67. The fourth-order valence-electron chi connectivity index (χ4n) is 11.8. The van der Waals surface area contributed by atoms with Gasteiger partial charge < -0.3 is 14.2 Å². The van der Waals surface area contributed by atoms with E-state index in [0.717, 1.165) is 38.5 Å². The van der Waals surface area contributed by atoms with Gasteiger partial charge in [0, 0.05) is 37.0 Å². The minimum atomic E-state index is -0.772. The van der Waals surface area contributed by atoms with Crippen LogP contribution in [-0.4, -0.2) is 36.2 Å². The van der Waals surface area contributed by atoms with Crippen LogP contribution >= 0.6 is 0 Å². The Labute approximate surface area is 240 Å². The van der Waals surface area contributed by atoms with E-state index in [2.05, 4.69) is 54.5 Å². The van der Waals surface area contributed by atoms with Crippen molar-refractivity contribution >= 4 is 17.9 Å². The van der Waals surface area contributed by atoms with E-state index in [1.165, 1.54) is 19.4 Å². The van der Waals surface area contributed by atoms with E-state index < -0.39 is 11.5 Å². The molecule has 10 atom stereocenters. The molecule has 1 saturated heterocycles. The van der Waals surface area contributed by atoms with Crippen molar-refractivity contribution < 1.29 is 28.6 Å². The van der Waals surface area contributed by atoms with Gasteiger partial charge in [-0.2, -0.15) is 0 Å². The molecule has 6 heteroatoms. The van der Waals surface area contributed by atoms with E-state index in [1.807, 2.05) is 0 Å². The second kappa shape index (κ2) is 8.37.